The van der Waals surface area contributed by atoms with Crippen LogP contribution in [0.4, 0.5) is 11.6 Å². The molecule has 8 heteroatoms. The normalized spacial score (nSPS) is 12.2. The minimum Gasteiger partial charge on any atom is -0.454 e. The highest BCUT2D eigenvalue weighted by molar-refractivity contribution is 5.45. The third-order valence-corrected chi connectivity index (χ3v) is 3.03. The third kappa shape index (κ3) is 2.69. The lowest BCUT2D eigenvalue weighted by Gasteiger charge is -2.16. The summed E-state index contributed by atoms with van der Waals surface area (Å²) in [7, 11) is 1.81. The van der Waals surface area contributed by atoms with Crippen LogP contribution in [0.25, 0.3) is 0 Å². The van der Waals surface area contributed by atoms with Crippen molar-refractivity contribution in [1.82, 2.24) is 9.97 Å². The Morgan fingerprint density at radius 2 is 2.00 bits per heavy atom. The van der Waals surface area contributed by atoms with Gasteiger partial charge in [0.2, 0.25) is 12.7 Å². The molecule has 0 saturated carbocycles. The third-order valence-electron chi connectivity index (χ3n) is 3.03. The molecule has 0 spiro atoms. The van der Waals surface area contributed by atoms with E-state index in [1.54, 1.807) is 4.90 Å². The summed E-state index contributed by atoms with van der Waals surface area (Å²) in [5.74, 6) is 1.86. The Labute approximate surface area is 120 Å². The standard InChI is InChI=1S/C13H12N4O4/c1-16(13-14-5-10(6-15-13)17(18)19)7-9-2-3-11-12(4-9)21-8-20-11/h2-6H,7-8H2,1H3. The van der Waals surface area contributed by atoms with Gasteiger partial charge < -0.3 is 14.4 Å². The van der Waals surface area contributed by atoms with Crippen molar-refractivity contribution in [2.24, 2.45) is 0 Å². The molecule has 0 fully saturated rings. The molecule has 1 aliphatic heterocycles. The maximum atomic E-state index is 10.6. The van der Waals surface area contributed by atoms with Gasteiger partial charge in [0.05, 0.1) is 4.92 Å². The number of hydrogen-bond acceptors (Lipinski definition) is 7. The van der Waals surface area contributed by atoms with E-state index in [1.807, 2.05) is 25.2 Å². The second kappa shape index (κ2) is 5.23. The molecule has 1 aliphatic rings. The van der Waals surface area contributed by atoms with Crippen molar-refractivity contribution in [3.8, 4) is 11.5 Å². The molecular formula is C13H12N4O4. The van der Waals surface area contributed by atoms with E-state index in [-0.39, 0.29) is 12.5 Å². The molecule has 1 aromatic heterocycles. The molecular weight excluding hydrogens is 276 g/mol. The van der Waals surface area contributed by atoms with Crippen LogP contribution >= 0.6 is 0 Å². The first-order valence-corrected chi connectivity index (χ1v) is 6.19. The van der Waals surface area contributed by atoms with E-state index in [9.17, 15) is 10.1 Å². The van der Waals surface area contributed by atoms with Crippen LogP contribution in [0.15, 0.2) is 30.6 Å². The van der Waals surface area contributed by atoms with Crippen LogP contribution in [0.1, 0.15) is 5.56 Å². The van der Waals surface area contributed by atoms with Gasteiger partial charge in [-0.3, -0.25) is 10.1 Å². The summed E-state index contributed by atoms with van der Waals surface area (Å²) in [4.78, 5) is 19.8. The Bertz CT molecular complexity index is 674. The van der Waals surface area contributed by atoms with Gasteiger partial charge in [0.25, 0.3) is 0 Å². The summed E-state index contributed by atoms with van der Waals surface area (Å²) >= 11 is 0. The highest BCUT2D eigenvalue weighted by atomic mass is 16.7. The first kappa shape index (κ1) is 13.1. The molecule has 0 aliphatic carbocycles. The fraction of sp³-hybridized carbons (Fsp3) is 0.231. The summed E-state index contributed by atoms with van der Waals surface area (Å²) < 4.78 is 10.6. The van der Waals surface area contributed by atoms with Gasteiger partial charge in [-0.15, -0.1) is 0 Å². The molecule has 2 heterocycles. The number of ether oxygens (including phenoxy) is 2. The Morgan fingerprint density at radius 1 is 1.29 bits per heavy atom. The molecule has 0 bridgehead atoms. The van der Waals surface area contributed by atoms with Gasteiger partial charge in [-0.1, -0.05) is 6.07 Å². The van der Waals surface area contributed by atoms with Crippen LogP contribution in [-0.2, 0) is 6.54 Å². The Kier molecular flexibility index (Phi) is 3.27. The monoisotopic (exact) mass is 288 g/mol. The van der Waals surface area contributed by atoms with Gasteiger partial charge in [-0.05, 0) is 17.7 Å². The molecule has 2 aromatic rings. The summed E-state index contributed by atoms with van der Waals surface area (Å²) in [5, 5.41) is 10.6. The number of rotatable bonds is 4. The fourth-order valence-corrected chi connectivity index (χ4v) is 1.99. The van der Waals surface area contributed by atoms with Crippen LogP contribution in [-0.4, -0.2) is 28.7 Å². The van der Waals surface area contributed by atoms with E-state index in [0.29, 0.717) is 18.2 Å². The second-order valence-electron chi connectivity index (χ2n) is 4.54. The number of fused-ring (bicyclic) bond motifs is 1. The van der Waals surface area contributed by atoms with Crippen LogP contribution in [0.2, 0.25) is 0 Å². The van der Waals surface area contributed by atoms with Crippen molar-refractivity contribution in [2.45, 2.75) is 6.54 Å². The van der Waals surface area contributed by atoms with Crippen molar-refractivity contribution >= 4 is 11.6 Å². The summed E-state index contributed by atoms with van der Waals surface area (Å²) in [5.41, 5.74) is 0.874. The van der Waals surface area contributed by atoms with E-state index in [4.69, 9.17) is 9.47 Å². The molecule has 108 valence electrons. The van der Waals surface area contributed by atoms with E-state index < -0.39 is 4.92 Å². The summed E-state index contributed by atoms with van der Waals surface area (Å²) in [6.45, 7) is 0.786. The molecule has 1 aromatic carbocycles. The van der Waals surface area contributed by atoms with E-state index in [0.717, 1.165) is 11.3 Å². The smallest absolute Gasteiger partial charge is 0.305 e. The number of anilines is 1. The first-order valence-electron chi connectivity index (χ1n) is 6.19. The van der Waals surface area contributed by atoms with Crippen LogP contribution in [0, 0.1) is 10.1 Å². The largest absolute Gasteiger partial charge is 0.454 e. The van der Waals surface area contributed by atoms with Crippen LogP contribution in [0.5, 0.6) is 11.5 Å². The van der Waals surface area contributed by atoms with E-state index >= 15 is 0 Å². The molecule has 8 nitrogen and oxygen atoms in total. The zero-order chi connectivity index (χ0) is 14.8. The summed E-state index contributed by atoms with van der Waals surface area (Å²) in [6.07, 6.45) is 2.39. The van der Waals surface area contributed by atoms with Crippen molar-refractivity contribution < 1.29 is 14.4 Å². The van der Waals surface area contributed by atoms with Crippen LogP contribution in [0.3, 0.4) is 0 Å². The van der Waals surface area contributed by atoms with Crippen molar-refractivity contribution in [3.05, 3.63) is 46.3 Å². The van der Waals surface area contributed by atoms with Gasteiger partial charge in [0, 0.05) is 13.6 Å². The lowest BCUT2D eigenvalue weighted by molar-refractivity contribution is -0.385. The number of nitrogens with zero attached hydrogens (tertiary/aromatic N) is 4. The minimum atomic E-state index is -0.526. The Hall–Kier alpha value is -2.90. The second-order valence-corrected chi connectivity index (χ2v) is 4.54. The topological polar surface area (TPSA) is 90.6 Å². The van der Waals surface area contributed by atoms with Crippen LogP contribution < -0.4 is 14.4 Å². The lowest BCUT2D eigenvalue weighted by atomic mass is 10.2. The number of aromatic nitrogens is 2. The highest BCUT2D eigenvalue weighted by Gasteiger charge is 2.15. The van der Waals surface area contributed by atoms with E-state index in [1.165, 1.54) is 12.4 Å². The average Bonchev–Trinajstić information content (AvgIpc) is 2.95. The fourth-order valence-electron chi connectivity index (χ4n) is 1.99. The SMILES string of the molecule is CN(Cc1ccc2c(c1)OCO2)c1ncc([N+](=O)[O-])cn1. The Morgan fingerprint density at radius 3 is 2.71 bits per heavy atom. The molecule has 0 unspecified atom stereocenters. The zero-order valence-electron chi connectivity index (χ0n) is 11.2. The molecule has 0 atom stereocenters. The molecule has 0 N–H and O–H groups in total. The minimum absolute atomic E-state index is 0.129. The van der Waals surface area contributed by atoms with E-state index in [2.05, 4.69) is 9.97 Å². The highest BCUT2D eigenvalue weighted by Crippen LogP contribution is 2.32. The van der Waals surface area contributed by atoms with Gasteiger partial charge in [-0.25, -0.2) is 9.97 Å². The molecule has 21 heavy (non-hydrogen) atoms. The predicted molar refractivity (Wildman–Crippen MR) is 73.4 cm³/mol. The van der Waals surface area contributed by atoms with Gasteiger partial charge >= 0.3 is 5.69 Å². The summed E-state index contributed by atoms with van der Waals surface area (Å²) in [6, 6.07) is 5.67. The van der Waals surface area contributed by atoms with Crippen molar-refractivity contribution in [2.75, 3.05) is 18.7 Å². The molecule has 0 saturated heterocycles. The van der Waals surface area contributed by atoms with Crippen molar-refractivity contribution in [1.29, 1.82) is 0 Å². The quantitative estimate of drug-likeness (QED) is 0.625. The molecule has 0 amide bonds. The molecule has 0 radical (unpaired) electrons. The average molecular weight is 288 g/mol. The predicted octanol–water partition coefficient (Wildman–Crippen LogP) is 1.75. The maximum Gasteiger partial charge on any atom is 0.305 e. The van der Waals surface area contributed by atoms with Gasteiger partial charge in [-0.2, -0.15) is 0 Å². The molecule has 3 rings (SSSR count). The lowest BCUT2D eigenvalue weighted by Crippen LogP contribution is -2.19. The Balaban J connectivity index is 1.73. The van der Waals surface area contributed by atoms with Crippen molar-refractivity contribution in [3.63, 3.8) is 0 Å². The number of hydrogen-bond donors (Lipinski definition) is 0. The van der Waals surface area contributed by atoms with Gasteiger partial charge in [0.1, 0.15) is 12.4 Å². The maximum absolute atomic E-state index is 10.6. The first-order chi connectivity index (χ1) is 10.1. The number of benzene rings is 1. The number of nitro groups is 1. The zero-order valence-corrected chi connectivity index (χ0v) is 11.2. The van der Waals surface area contributed by atoms with Gasteiger partial charge in [0.15, 0.2) is 11.5 Å².